The number of nitrogens with zero attached hydrogens (tertiary/aromatic N) is 2. The van der Waals surface area contributed by atoms with E-state index in [0.29, 0.717) is 5.56 Å². The lowest BCUT2D eigenvalue weighted by atomic mass is 9.81. The number of pyridine rings is 1. The molecule has 0 saturated heterocycles. The minimum absolute atomic E-state index is 0.129. The number of aryl methyl sites for hydroxylation is 3. The number of fused-ring (bicyclic) bond motifs is 8. The molecular weight excluding hydrogens is 400 g/mol. The van der Waals surface area contributed by atoms with Gasteiger partial charge in [-0.2, -0.15) is 0 Å². The molecular formula is C31H27N2+. The molecule has 160 valence electrons. The number of aromatic nitrogens is 2. The van der Waals surface area contributed by atoms with Crippen molar-refractivity contribution in [3.63, 3.8) is 0 Å². The molecule has 1 aliphatic carbocycles. The Morgan fingerprint density at radius 3 is 2.48 bits per heavy atom. The summed E-state index contributed by atoms with van der Waals surface area (Å²) in [7, 11) is 2.13. The lowest BCUT2D eigenvalue weighted by Gasteiger charge is -2.20. The highest BCUT2D eigenvalue weighted by molar-refractivity contribution is 6.12. The zero-order chi connectivity index (χ0) is 25.1. The molecule has 0 amide bonds. The fourth-order valence-corrected chi connectivity index (χ4v) is 6.36. The van der Waals surface area contributed by atoms with Crippen molar-refractivity contribution in [2.45, 2.75) is 33.0 Å². The molecule has 2 heteroatoms. The summed E-state index contributed by atoms with van der Waals surface area (Å²) in [6, 6.07) is 25.3. The molecule has 7 rings (SSSR count). The van der Waals surface area contributed by atoms with E-state index in [-0.39, 0.29) is 5.41 Å². The predicted molar refractivity (Wildman–Crippen MR) is 137 cm³/mol. The van der Waals surface area contributed by atoms with E-state index in [0.717, 1.165) is 16.8 Å². The summed E-state index contributed by atoms with van der Waals surface area (Å²) in [6.07, 6.45) is 0. The molecule has 0 aliphatic heterocycles. The lowest BCUT2D eigenvalue weighted by Crippen LogP contribution is -2.19. The SMILES string of the molecule is [2H]C([2H])([2H])c1ccc(-c2cc3c4c([n+]5c6ccccc6c(c35)n2C)-c2ccccc2C4(C)C)c(C)c1. The Morgan fingerprint density at radius 2 is 1.67 bits per heavy atom. The van der Waals surface area contributed by atoms with Crippen LogP contribution in [0.2, 0.25) is 0 Å². The Bertz CT molecular complexity index is 1870. The highest BCUT2D eigenvalue weighted by atomic mass is 15.0. The molecule has 0 unspecified atom stereocenters. The van der Waals surface area contributed by atoms with Gasteiger partial charge in [0, 0.05) is 39.5 Å². The Labute approximate surface area is 198 Å². The summed E-state index contributed by atoms with van der Waals surface area (Å²) in [6.45, 7) is 4.56. The summed E-state index contributed by atoms with van der Waals surface area (Å²) in [5, 5.41) is 2.49. The largest absolute Gasteiger partial charge is 0.338 e. The Hall–Kier alpha value is -3.65. The van der Waals surface area contributed by atoms with E-state index in [1.165, 1.54) is 49.7 Å². The van der Waals surface area contributed by atoms with Gasteiger partial charge < -0.3 is 4.57 Å². The number of benzene rings is 3. The second-order valence-electron chi connectivity index (χ2n) is 9.98. The maximum Gasteiger partial charge on any atom is 0.244 e. The van der Waals surface area contributed by atoms with Crippen molar-refractivity contribution >= 4 is 27.3 Å². The molecule has 3 aromatic heterocycles. The Kier molecular flexibility index (Phi) is 2.93. The first-order valence-corrected chi connectivity index (χ1v) is 11.5. The standard InChI is InChI=1S/C31H27N2/c1-18-14-15-20(19(2)16-18)26-17-23-27-28(21-10-6-8-12-24(21)31(27,3)4)33-25-13-9-7-11-22(25)29(30(23)33)32(26)5/h6-17H,1-5H3/q+1/i1D3. The van der Waals surface area contributed by atoms with E-state index in [1.54, 1.807) is 6.07 Å². The zero-order valence-electron chi connectivity index (χ0n) is 22.3. The predicted octanol–water partition coefficient (Wildman–Crippen LogP) is 7.10. The van der Waals surface area contributed by atoms with E-state index in [1.807, 2.05) is 19.1 Å². The van der Waals surface area contributed by atoms with Gasteiger partial charge in [0.05, 0.1) is 16.3 Å². The van der Waals surface area contributed by atoms with Crippen LogP contribution in [-0.4, -0.2) is 4.57 Å². The summed E-state index contributed by atoms with van der Waals surface area (Å²) >= 11 is 0. The van der Waals surface area contributed by atoms with Crippen molar-refractivity contribution in [1.82, 2.24) is 4.57 Å². The van der Waals surface area contributed by atoms with E-state index in [2.05, 4.69) is 84.5 Å². The number of para-hydroxylation sites is 1. The molecule has 1 aliphatic rings. The molecule has 0 atom stereocenters. The van der Waals surface area contributed by atoms with Crippen LogP contribution in [0.3, 0.4) is 0 Å². The van der Waals surface area contributed by atoms with Crippen LogP contribution in [-0.2, 0) is 12.5 Å². The smallest absolute Gasteiger partial charge is 0.244 e. The van der Waals surface area contributed by atoms with Crippen LogP contribution >= 0.6 is 0 Å². The van der Waals surface area contributed by atoms with E-state index in [9.17, 15) is 0 Å². The molecule has 6 aromatic rings. The minimum atomic E-state index is -2.11. The van der Waals surface area contributed by atoms with Gasteiger partial charge in [-0.3, -0.25) is 0 Å². The lowest BCUT2D eigenvalue weighted by molar-refractivity contribution is -0.462. The van der Waals surface area contributed by atoms with Gasteiger partial charge in [-0.25, -0.2) is 0 Å². The van der Waals surface area contributed by atoms with Crippen LogP contribution in [0, 0.1) is 13.8 Å². The molecule has 0 spiro atoms. The van der Waals surface area contributed by atoms with Gasteiger partial charge in [-0.1, -0.05) is 67.9 Å². The van der Waals surface area contributed by atoms with Gasteiger partial charge in [0.15, 0.2) is 0 Å². The maximum atomic E-state index is 7.84. The average Bonchev–Trinajstić information content (AvgIpc) is 3.43. The van der Waals surface area contributed by atoms with Gasteiger partial charge in [-0.15, -0.1) is 4.40 Å². The molecule has 3 aromatic carbocycles. The number of hydrogen-bond donors (Lipinski definition) is 0. The third kappa shape index (κ3) is 2.17. The van der Waals surface area contributed by atoms with Crippen molar-refractivity contribution in [3.05, 3.63) is 95.1 Å². The number of hydrogen-bond acceptors (Lipinski definition) is 0. The molecule has 0 bridgehead atoms. The fraction of sp³-hybridized carbons (Fsp3) is 0.194. The summed E-state index contributed by atoms with van der Waals surface area (Å²) in [4.78, 5) is 0. The maximum absolute atomic E-state index is 7.84. The first-order valence-electron chi connectivity index (χ1n) is 13.0. The monoisotopic (exact) mass is 430 g/mol. The van der Waals surface area contributed by atoms with E-state index < -0.39 is 6.85 Å². The highest BCUT2D eigenvalue weighted by Crippen LogP contribution is 2.52. The third-order valence-corrected chi connectivity index (χ3v) is 7.79. The van der Waals surface area contributed by atoms with Crippen LogP contribution in [0.1, 0.15) is 40.2 Å². The van der Waals surface area contributed by atoms with Crippen molar-refractivity contribution < 1.29 is 8.51 Å². The topological polar surface area (TPSA) is 9.03 Å². The summed E-state index contributed by atoms with van der Waals surface area (Å²) in [5.41, 5.74) is 12.4. The number of rotatable bonds is 1. The molecule has 0 N–H and O–H groups in total. The van der Waals surface area contributed by atoms with E-state index >= 15 is 0 Å². The minimum Gasteiger partial charge on any atom is -0.338 e. The molecule has 33 heavy (non-hydrogen) atoms. The normalized spacial score (nSPS) is 16.2. The Morgan fingerprint density at radius 1 is 0.879 bits per heavy atom. The van der Waals surface area contributed by atoms with Crippen LogP contribution in [0.4, 0.5) is 0 Å². The molecule has 3 heterocycles. The van der Waals surface area contributed by atoms with Crippen LogP contribution in [0.15, 0.2) is 72.8 Å². The van der Waals surface area contributed by atoms with Gasteiger partial charge in [-0.05, 0) is 43.1 Å². The van der Waals surface area contributed by atoms with Crippen molar-refractivity contribution in [2.75, 3.05) is 0 Å². The second-order valence-corrected chi connectivity index (χ2v) is 9.98. The third-order valence-electron chi connectivity index (χ3n) is 7.79. The molecule has 0 saturated carbocycles. The van der Waals surface area contributed by atoms with Gasteiger partial charge >= 0.3 is 0 Å². The quantitative estimate of drug-likeness (QED) is 0.246. The molecule has 0 radical (unpaired) electrons. The van der Waals surface area contributed by atoms with Gasteiger partial charge in [0.1, 0.15) is 5.52 Å². The molecule has 2 nitrogen and oxygen atoms in total. The van der Waals surface area contributed by atoms with Crippen molar-refractivity contribution in [3.8, 4) is 22.5 Å². The van der Waals surface area contributed by atoms with Gasteiger partial charge in [0.25, 0.3) is 0 Å². The van der Waals surface area contributed by atoms with Crippen LogP contribution < -0.4 is 4.40 Å². The Balaban J connectivity index is 1.66. The van der Waals surface area contributed by atoms with Gasteiger partial charge in [0.2, 0.25) is 16.7 Å². The zero-order valence-corrected chi connectivity index (χ0v) is 19.3. The average molecular weight is 431 g/mol. The first-order chi connectivity index (χ1) is 17.1. The molecule has 0 fully saturated rings. The van der Waals surface area contributed by atoms with Crippen molar-refractivity contribution in [1.29, 1.82) is 0 Å². The highest BCUT2D eigenvalue weighted by Gasteiger charge is 2.46. The van der Waals surface area contributed by atoms with Crippen molar-refractivity contribution in [2.24, 2.45) is 7.05 Å². The second kappa shape index (κ2) is 6.02. The van der Waals surface area contributed by atoms with Crippen LogP contribution in [0.5, 0.6) is 0 Å². The van der Waals surface area contributed by atoms with E-state index in [4.69, 9.17) is 4.11 Å². The first kappa shape index (κ1) is 16.0. The summed E-state index contributed by atoms with van der Waals surface area (Å²) in [5.74, 6) is 0. The van der Waals surface area contributed by atoms with Crippen LogP contribution in [0.25, 0.3) is 49.8 Å². The fourth-order valence-electron chi connectivity index (χ4n) is 6.36. The summed E-state index contributed by atoms with van der Waals surface area (Å²) < 4.78 is 28.3.